The van der Waals surface area contributed by atoms with Gasteiger partial charge in [-0.3, -0.25) is 14.8 Å². The predicted molar refractivity (Wildman–Crippen MR) is 107 cm³/mol. The second kappa shape index (κ2) is 7.96. The lowest BCUT2D eigenvalue weighted by molar-refractivity contribution is -0.116. The molecule has 29 heavy (non-hydrogen) atoms. The summed E-state index contributed by atoms with van der Waals surface area (Å²) in [7, 11) is 2.06. The molecule has 0 spiro atoms. The van der Waals surface area contributed by atoms with Crippen molar-refractivity contribution in [3.63, 3.8) is 0 Å². The van der Waals surface area contributed by atoms with E-state index in [1.807, 2.05) is 13.8 Å². The number of aromatic nitrogens is 2. The first-order valence-electron chi connectivity index (χ1n) is 9.81. The number of nitrogens with zero attached hydrogens (tertiary/aromatic N) is 3. The lowest BCUT2D eigenvalue weighted by Gasteiger charge is -2.29. The molecule has 4 rings (SSSR count). The van der Waals surface area contributed by atoms with Crippen LogP contribution in [0.3, 0.4) is 0 Å². The number of ether oxygens (including phenoxy) is 3. The van der Waals surface area contributed by atoms with Gasteiger partial charge in [0.1, 0.15) is 6.10 Å². The van der Waals surface area contributed by atoms with Crippen molar-refractivity contribution in [3.05, 3.63) is 42.0 Å². The van der Waals surface area contributed by atoms with E-state index in [4.69, 9.17) is 14.2 Å². The topological polar surface area (TPSA) is 85.8 Å². The van der Waals surface area contributed by atoms with Crippen molar-refractivity contribution in [1.82, 2.24) is 14.9 Å². The minimum Gasteiger partial charge on any atom is -0.449 e. The Morgan fingerprint density at radius 3 is 2.93 bits per heavy atom. The molecule has 8 nitrogen and oxygen atoms in total. The minimum absolute atomic E-state index is 0.0760. The molecule has 1 N–H and O–H groups in total. The Balaban J connectivity index is 1.33. The molecule has 0 radical (unpaired) electrons. The van der Waals surface area contributed by atoms with E-state index in [0.717, 1.165) is 24.5 Å². The number of hydrogen-bond donors (Lipinski definition) is 1. The fourth-order valence-electron chi connectivity index (χ4n) is 3.42. The van der Waals surface area contributed by atoms with Gasteiger partial charge in [-0.15, -0.1) is 0 Å². The van der Waals surface area contributed by atoms with Crippen LogP contribution in [0.5, 0.6) is 11.5 Å². The van der Waals surface area contributed by atoms with Gasteiger partial charge in [-0.05, 0) is 25.6 Å². The van der Waals surface area contributed by atoms with Gasteiger partial charge in [-0.1, -0.05) is 0 Å². The third-order valence-corrected chi connectivity index (χ3v) is 4.85. The number of likely N-dealkylation sites (N-methyl/N-ethyl adjacent to an activating group) is 1. The largest absolute Gasteiger partial charge is 0.449 e. The third kappa shape index (κ3) is 4.83. The van der Waals surface area contributed by atoms with E-state index in [9.17, 15) is 4.79 Å². The Morgan fingerprint density at radius 1 is 1.28 bits per heavy atom. The highest BCUT2D eigenvalue weighted by atomic mass is 16.7. The molecule has 0 bridgehead atoms. The summed E-state index contributed by atoms with van der Waals surface area (Å²) in [6.45, 7) is 6.08. The summed E-state index contributed by atoms with van der Waals surface area (Å²) in [6, 6.07) is 5.38. The van der Waals surface area contributed by atoms with Crippen LogP contribution in [0, 0.1) is 0 Å². The summed E-state index contributed by atoms with van der Waals surface area (Å²) in [5.74, 6) is 0.523. The molecule has 0 saturated carbocycles. The molecule has 154 valence electrons. The molecule has 1 atom stereocenters. The van der Waals surface area contributed by atoms with Gasteiger partial charge in [0.05, 0.1) is 24.2 Å². The first-order chi connectivity index (χ1) is 13.9. The number of hydrogen-bond acceptors (Lipinski definition) is 7. The monoisotopic (exact) mass is 398 g/mol. The van der Waals surface area contributed by atoms with E-state index < -0.39 is 5.79 Å². The fraction of sp³-hybridized carbons (Fsp3) is 0.476. The van der Waals surface area contributed by atoms with E-state index in [-0.39, 0.29) is 12.0 Å². The highest BCUT2D eigenvalue weighted by Crippen LogP contribution is 2.40. The van der Waals surface area contributed by atoms with E-state index in [2.05, 4.69) is 27.2 Å². The molecule has 2 aliphatic rings. The van der Waals surface area contributed by atoms with Crippen molar-refractivity contribution in [2.45, 2.75) is 38.6 Å². The third-order valence-electron chi connectivity index (χ3n) is 4.85. The molecule has 1 aromatic carbocycles. The Labute approximate surface area is 170 Å². The second-order valence-electron chi connectivity index (χ2n) is 7.87. The van der Waals surface area contributed by atoms with Crippen LogP contribution >= 0.6 is 0 Å². The maximum Gasteiger partial charge on any atom is 0.246 e. The lowest BCUT2D eigenvalue weighted by Crippen LogP contribution is -2.35. The van der Waals surface area contributed by atoms with Crippen LogP contribution in [-0.2, 0) is 16.0 Å². The van der Waals surface area contributed by atoms with Crippen LogP contribution in [0.4, 0.5) is 5.69 Å². The molecule has 1 saturated heterocycles. The fourth-order valence-corrected chi connectivity index (χ4v) is 3.42. The van der Waals surface area contributed by atoms with Crippen molar-refractivity contribution >= 4 is 11.6 Å². The number of morpholine rings is 1. The maximum atomic E-state index is 12.4. The predicted octanol–water partition coefficient (Wildman–Crippen LogP) is 2.56. The Bertz CT molecular complexity index is 902. The molecular formula is C21H26N4O4. The average molecular weight is 398 g/mol. The van der Waals surface area contributed by atoms with Crippen LogP contribution in [-0.4, -0.2) is 53.3 Å². The number of rotatable bonds is 5. The number of nitrogens with one attached hydrogen (secondary N) is 1. The van der Waals surface area contributed by atoms with Crippen LogP contribution < -0.4 is 14.8 Å². The van der Waals surface area contributed by atoms with Gasteiger partial charge in [0.25, 0.3) is 0 Å². The highest BCUT2D eigenvalue weighted by Gasteiger charge is 2.31. The molecule has 8 heteroatoms. The second-order valence-corrected chi connectivity index (χ2v) is 7.87. The van der Waals surface area contributed by atoms with Crippen molar-refractivity contribution in [2.24, 2.45) is 0 Å². The van der Waals surface area contributed by atoms with Gasteiger partial charge in [0.15, 0.2) is 11.5 Å². The molecule has 2 aromatic rings. The molecule has 1 amide bonds. The van der Waals surface area contributed by atoms with Gasteiger partial charge >= 0.3 is 0 Å². The molecule has 1 aromatic heterocycles. The molecule has 3 heterocycles. The summed E-state index contributed by atoms with van der Waals surface area (Å²) in [5, 5.41) is 2.90. The van der Waals surface area contributed by atoms with E-state index in [1.165, 1.54) is 0 Å². The zero-order valence-electron chi connectivity index (χ0n) is 17.0. The summed E-state index contributed by atoms with van der Waals surface area (Å²) in [4.78, 5) is 23.5. The number of fused-ring (bicyclic) bond motifs is 1. The van der Waals surface area contributed by atoms with Crippen molar-refractivity contribution in [3.8, 4) is 11.5 Å². The summed E-state index contributed by atoms with van der Waals surface area (Å²) >= 11 is 0. The molecule has 2 aliphatic heterocycles. The van der Waals surface area contributed by atoms with Gasteiger partial charge in [-0.25, -0.2) is 0 Å². The normalized spacial score (nSPS) is 20.4. The van der Waals surface area contributed by atoms with Crippen LogP contribution in [0.1, 0.15) is 37.8 Å². The quantitative estimate of drug-likeness (QED) is 0.828. The zero-order valence-corrected chi connectivity index (χ0v) is 17.0. The number of aryl methyl sites for hydroxylation is 1. The number of amides is 1. The number of carbonyl (C=O) groups excluding carboxylic acids is 1. The van der Waals surface area contributed by atoms with Gasteiger partial charge < -0.3 is 24.4 Å². The van der Waals surface area contributed by atoms with Gasteiger partial charge in [0, 0.05) is 51.3 Å². The number of benzene rings is 1. The minimum atomic E-state index is -0.689. The van der Waals surface area contributed by atoms with Gasteiger partial charge in [0.2, 0.25) is 11.7 Å². The van der Waals surface area contributed by atoms with Crippen molar-refractivity contribution < 1.29 is 19.0 Å². The molecule has 1 fully saturated rings. The highest BCUT2D eigenvalue weighted by molar-refractivity contribution is 5.91. The molecule has 1 unspecified atom stereocenters. The smallest absolute Gasteiger partial charge is 0.246 e. The van der Waals surface area contributed by atoms with Crippen LogP contribution in [0.25, 0.3) is 0 Å². The van der Waals surface area contributed by atoms with Crippen molar-refractivity contribution in [2.75, 3.05) is 32.1 Å². The van der Waals surface area contributed by atoms with Crippen molar-refractivity contribution in [1.29, 1.82) is 0 Å². The van der Waals surface area contributed by atoms with Gasteiger partial charge in [-0.2, -0.15) is 0 Å². The maximum absolute atomic E-state index is 12.4. The van der Waals surface area contributed by atoms with E-state index >= 15 is 0 Å². The Kier molecular flexibility index (Phi) is 5.38. The number of carbonyl (C=O) groups is 1. The standard InChI is InChI=1S/C21H26N4O4/c1-21(2)28-17-6-4-14(10-18(17)29-21)24-20(26)7-5-15-11-22-12-16(23-15)19-13-25(3)8-9-27-19/h4,6,10-12,19H,5,7-9,13H2,1-3H3,(H,24,26). The lowest BCUT2D eigenvalue weighted by atomic mass is 10.2. The number of anilines is 1. The van der Waals surface area contributed by atoms with Crippen LogP contribution in [0.2, 0.25) is 0 Å². The Morgan fingerprint density at radius 2 is 2.10 bits per heavy atom. The summed E-state index contributed by atoms with van der Waals surface area (Å²) in [5.41, 5.74) is 2.27. The molecular weight excluding hydrogens is 372 g/mol. The van der Waals surface area contributed by atoms with Crippen LogP contribution in [0.15, 0.2) is 30.6 Å². The Hall–Kier alpha value is -2.71. The zero-order chi connectivity index (χ0) is 20.4. The average Bonchev–Trinajstić information content (AvgIpc) is 3.00. The van der Waals surface area contributed by atoms with E-state index in [1.54, 1.807) is 30.6 Å². The SMILES string of the molecule is CN1CCOC(c2cncc(CCC(=O)Nc3ccc4c(c3)OC(C)(C)O4)n2)C1. The first kappa shape index (κ1) is 19.6. The summed E-state index contributed by atoms with van der Waals surface area (Å²) < 4.78 is 17.2. The summed E-state index contributed by atoms with van der Waals surface area (Å²) in [6.07, 6.45) is 4.18. The van der Waals surface area contributed by atoms with E-state index in [0.29, 0.717) is 36.6 Å². The first-order valence-corrected chi connectivity index (χ1v) is 9.81. The molecule has 0 aliphatic carbocycles.